The van der Waals surface area contributed by atoms with E-state index in [1.54, 1.807) is 19.9 Å². The van der Waals surface area contributed by atoms with Crippen molar-refractivity contribution in [2.24, 2.45) is 5.41 Å². The van der Waals surface area contributed by atoms with Gasteiger partial charge in [-0.2, -0.15) is 0 Å². The molecule has 1 aromatic carbocycles. The predicted octanol–water partition coefficient (Wildman–Crippen LogP) is 4.01. The summed E-state index contributed by atoms with van der Waals surface area (Å²) in [5.41, 5.74) is -1.70. The highest BCUT2D eigenvalue weighted by molar-refractivity contribution is 5.71. The Labute approximate surface area is 142 Å². The van der Waals surface area contributed by atoms with Gasteiger partial charge in [0.25, 0.3) is 0 Å². The number of benzene rings is 1. The number of allylic oxidation sites excluding steroid dienone is 1. The molecule has 0 aliphatic carbocycles. The summed E-state index contributed by atoms with van der Waals surface area (Å²) < 4.78 is 6.23. The Morgan fingerprint density at radius 1 is 1.25 bits per heavy atom. The standard InChI is InChI=1S/C19H25NO4/c1-17(2,3)19(12-9-13-21)15(14-10-7-6-8-11-14)24-18(4,5)20(19)16(22)23/h6-13,15H,1-5H3,(H,22,23)/t15-,19+/m1/s1. The fourth-order valence-electron chi connectivity index (χ4n) is 3.66. The van der Waals surface area contributed by atoms with Crippen LogP contribution in [0.3, 0.4) is 0 Å². The summed E-state index contributed by atoms with van der Waals surface area (Å²) in [5.74, 6) is 0. The monoisotopic (exact) mass is 331 g/mol. The van der Waals surface area contributed by atoms with Gasteiger partial charge in [0.05, 0.1) is 0 Å². The molecule has 0 bridgehead atoms. The topological polar surface area (TPSA) is 66.8 Å². The van der Waals surface area contributed by atoms with E-state index in [1.165, 1.54) is 11.0 Å². The molecule has 2 rings (SSSR count). The minimum Gasteiger partial charge on any atom is -0.465 e. The Kier molecular flexibility index (Phi) is 4.59. The molecule has 1 aliphatic rings. The van der Waals surface area contributed by atoms with Gasteiger partial charge in [-0.15, -0.1) is 0 Å². The Morgan fingerprint density at radius 3 is 2.29 bits per heavy atom. The third kappa shape index (κ3) is 2.73. The van der Waals surface area contributed by atoms with E-state index in [2.05, 4.69) is 0 Å². The average Bonchev–Trinajstić information content (AvgIpc) is 2.74. The van der Waals surface area contributed by atoms with Crippen molar-refractivity contribution in [1.29, 1.82) is 0 Å². The lowest BCUT2D eigenvalue weighted by atomic mass is 9.67. The number of aldehydes is 1. The molecule has 5 heteroatoms. The minimum absolute atomic E-state index is 0.515. The molecule has 0 spiro atoms. The molecule has 130 valence electrons. The molecule has 2 atom stereocenters. The van der Waals surface area contributed by atoms with Crippen molar-refractivity contribution in [3.8, 4) is 0 Å². The lowest BCUT2D eigenvalue weighted by Crippen LogP contribution is -2.60. The van der Waals surface area contributed by atoms with Crippen molar-refractivity contribution in [3.63, 3.8) is 0 Å². The number of carbonyl (C=O) groups excluding carboxylic acids is 1. The zero-order chi connectivity index (χ0) is 18.2. The summed E-state index contributed by atoms with van der Waals surface area (Å²) in [7, 11) is 0. The first-order valence-electron chi connectivity index (χ1n) is 7.97. The molecule has 5 nitrogen and oxygen atoms in total. The fraction of sp³-hybridized carbons (Fsp3) is 0.474. The number of rotatable bonds is 3. The lowest BCUT2D eigenvalue weighted by molar-refractivity contribution is -0.104. The lowest BCUT2D eigenvalue weighted by Gasteiger charge is -2.48. The highest BCUT2D eigenvalue weighted by Crippen LogP contribution is 2.56. The van der Waals surface area contributed by atoms with Crippen LogP contribution in [-0.2, 0) is 9.53 Å². The first-order chi connectivity index (χ1) is 11.1. The van der Waals surface area contributed by atoms with E-state index in [4.69, 9.17) is 4.74 Å². The van der Waals surface area contributed by atoms with Gasteiger partial charge in [0.1, 0.15) is 23.7 Å². The molecular weight excluding hydrogens is 306 g/mol. The summed E-state index contributed by atoms with van der Waals surface area (Å²) in [6, 6.07) is 9.53. The maximum absolute atomic E-state index is 12.1. The van der Waals surface area contributed by atoms with Crippen molar-refractivity contribution >= 4 is 12.4 Å². The molecule has 1 fully saturated rings. The van der Waals surface area contributed by atoms with E-state index < -0.39 is 28.9 Å². The predicted molar refractivity (Wildman–Crippen MR) is 91.6 cm³/mol. The molecule has 0 unspecified atom stereocenters. The summed E-state index contributed by atoms with van der Waals surface area (Å²) in [5, 5.41) is 9.94. The van der Waals surface area contributed by atoms with Crippen molar-refractivity contribution in [2.75, 3.05) is 0 Å². The van der Waals surface area contributed by atoms with E-state index in [0.29, 0.717) is 6.29 Å². The van der Waals surface area contributed by atoms with Crippen molar-refractivity contribution in [3.05, 3.63) is 48.0 Å². The van der Waals surface area contributed by atoms with Crippen molar-refractivity contribution in [1.82, 2.24) is 4.90 Å². The maximum atomic E-state index is 12.1. The fourth-order valence-corrected chi connectivity index (χ4v) is 3.66. The molecule has 1 N–H and O–H groups in total. The quantitative estimate of drug-likeness (QED) is 0.671. The van der Waals surface area contributed by atoms with Crippen LogP contribution >= 0.6 is 0 Å². The van der Waals surface area contributed by atoms with Gasteiger partial charge in [0, 0.05) is 0 Å². The molecule has 24 heavy (non-hydrogen) atoms. The maximum Gasteiger partial charge on any atom is 0.410 e. The van der Waals surface area contributed by atoms with E-state index >= 15 is 0 Å². The van der Waals surface area contributed by atoms with Gasteiger partial charge < -0.3 is 9.84 Å². The summed E-state index contributed by atoms with van der Waals surface area (Å²) in [4.78, 5) is 24.5. The van der Waals surface area contributed by atoms with Gasteiger partial charge in [-0.05, 0) is 30.9 Å². The van der Waals surface area contributed by atoms with Gasteiger partial charge in [0.2, 0.25) is 0 Å². The normalized spacial score (nSPS) is 26.7. The van der Waals surface area contributed by atoms with Crippen molar-refractivity contribution in [2.45, 2.75) is 52.0 Å². The number of carboxylic acid groups (broad SMARTS) is 1. The van der Waals surface area contributed by atoms with Gasteiger partial charge >= 0.3 is 6.09 Å². The van der Waals surface area contributed by atoms with Gasteiger partial charge in [-0.25, -0.2) is 4.79 Å². The number of ether oxygens (including phenoxy) is 1. The molecule has 0 aromatic heterocycles. The zero-order valence-electron chi connectivity index (χ0n) is 14.8. The second kappa shape index (κ2) is 6.06. The highest BCUT2D eigenvalue weighted by Gasteiger charge is 2.64. The smallest absolute Gasteiger partial charge is 0.410 e. The van der Waals surface area contributed by atoms with Crippen LogP contribution in [0.15, 0.2) is 42.5 Å². The van der Waals surface area contributed by atoms with E-state index in [1.807, 2.05) is 51.1 Å². The van der Waals surface area contributed by atoms with E-state index in [0.717, 1.165) is 5.56 Å². The van der Waals surface area contributed by atoms with Crippen LogP contribution in [-0.4, -0.2) is 33.6 Å². The van der Waals surface area contributed by atoms with Gasteiger partial charge in [0.15, 0.2) is 0 Å². The Morgan fingerprint density at radius 2 is 1.83 bits per heavy atom. The van der Waals surface area contributed by atoms with Crippen LogP contribution in [0.4, 0.5) is 4.79 Å². The number of carbonyl (C=O) groups is 2. The van der Waals surface area contributed by atoms with Gasteiger partial charge in [-0.3, -0.25) is 9.69 Å². The summed E-state index contributed by atoms with van der Waals surface area (Å²) in [6.07, 6.45) is 2.09. The SMILES string of the molecule is CC1(C)O[C@H](c2ccccc2)[C@@](C=CC=O)(C(C)(C)C)N1C(=O)O. The van der Waals surface area contributed by atoms with Crippen molar-refractivity contribution < 1.29 is 19.4 Å². The third-order valence-corrected chi connectivity index (χ3v) is 4.64. The Hall–Kier alpha value is -2.14. The molecule has 1 heterocycles. The number of hydrogen-bond acceptors (Lipinski definition) is 3. The first kappa shape index (κ1) is 18.2. The van der Waals surface area contributed by atoms with Crippen LogP contribution in [0.1, 0.15) is 46.3 Å². The first-order valence-corrected chi connectivity index (χ1v) is 7.97. The van der Waals surface area contributed by atoms with E-state index in [9.17, 15) is 14.7 Å². The van der Waals surface area contributed by atoms with Crippen LogP contribution in [0.2, 0.25) is 0 Å². The Bertz CT molecular complexity index is 645. The number of nitrogens with zero attached hydrogens (tertiary/aromatic N) is 1. The molecule has 1 aliphatic heterocycles. The highest BCUT2D eigenvalue weighted by atomic mass is 16.6. The summed E-state index contributed by atoms with van der Waals surface area (Å²) >= 11 is 0. The average molecular weight is 331 g/mol. The molecule has 1 amide bonds. The third-order valence-electron chi connectivity index (χ3n) is 4.64. The van der Waals surface area contributed by atoms with Crippen LogP contribution in [0.5, 0.6) is 0 Å². The molecular formula is C19H25NO4. The van der Waals surface area contributed by atoms with E-state index in [-0.39, 0.29) is 0 Å². The largest absolute Gasteiger partial charge is 0.465 e. The molecule has 0 radical (unpaired) electrons. The molecule has 0 saturated carbocycles. The van der Waals surface area contributed by atoms with Gasteiger partial charge in [-0.1, -0.05) is 57.2 Å². The van der Waals surface area contributed by atoms with Crippen LogP contribution < -0.4 is 0 Å². The second-order valence-electron chi connectivity index (χ2n) is 7.54. The minimum atomic E-state index is -1.08. The molecule has 1 aromatic rings. The second-order valence-corrected chi connectivity index (χ2v) is 7.54. The number of hydrogen-bond donors (Lipinski definition) is 1. The number of amides is 1. The van der Waals surface area contributed by atoms with Crippen LogP contribution in [0, 0.1) is 5.41 Å². The summed E-state index contributed by atoms with van der Waals surface area (Å²) in [6.45, 7) is 9.34. The zero-order valence-corrected chi connectivity index (χ0v) is 14.8. The Balaban J connectivity index is 2.79. The van der Waals surface area contributed by atoms with Crippen LogP contribution in [0.25, 0.3) is 0 Å². The molecule has 1 saturated heterocycles.